The van der Waals surface area contributed by atoms with Gasteiger partial charge in [0.25, 0.3) is 0 Å². The van der Waals surface area contributed by atoms with Crippen LogP contribution in [0.2, 0.25) is 0 Å². The summed E-state index contributed by atoms with van der Waals surface area (Å²) in [6.45, 7) is 0. The normalized spacial score (nSPS) is 11.4. The van der Waals surface area contributed by atoms with E-state index in [-0.39, 0.29) is 0 Å². The van der Waals surface area contributed by atoms with Crippen molar-refractivity contribution >= 4 is 43.1 Å². The van der Waals surface area contributed by atoms with E-state index in [0.29, 0.717) is 5.82 Å². The summed E-state index contributed by atoms with van der Waals surface area (Å²) < 4.78 is 0. The van der Waals surface area contributed by atoms with Crippen LogP contribution >= 0.6 is 0 Å². The fraction of sp³-hybridized carbons (Fsp3) is 0. The minimum absolute atomic E-state index is 0.682. The monoisotopic (exact) mass is 737 g/mol. The maximum Gasteiger partial charge on any atom is 0.160 e. The van der Waals surface area contributed by atoms with Crippen LogP contribution in [0.5, 0.6) is 0 Å². The molecule has 0 atom stereocenters. The molecule has 0 unspecified atom stereocenters. The van der Waals surface area contributed by atoms with E-state index in [1.165, 1.54) is 48.8 Å². The number of fused-ring (bicyclic) bond motifs is 5. The van der Waals surface area contributed by atoms with Gasteiger partial charge in [0.2, 0.25) is 0 Å². The second-order valence-corrected chi connectivity index (χ2v) is 14.9. The van der Waals surface area contributed by atoms with E-state index >= 15 is 0 Å². The van der Waals surface area contributed by atoms with Gasteiger partial charge in [0.15, 0.2) is 5.82 Å². The predicted molar refractivity (Wildman–Crippen MR) is 242 cm³/mol. The fourth-order valence-electron chi connectivity index (χ4n) is 8.36. The lowest BCUT2D eigenvalue weighted by Crippen LogP contribution is -1.96. The highest BCUT2D eigenvalue weighted by atomic mass is 14.9. The number of pyridine rings is 1. The topological polar surface area (TPSA) is 38.7 Å². The summed E-state index contributed by atoms with van der Waals surface area (Å²) in [6.07, 6.45) is 3.87. The number of hydrogen-bond donors (Lipinski definition) is 0. The van der Waals surface area contributed by atoms with E-state index in [9.17, 15) is 0 Å². The minimum atomic E-state index is 0.682. The molecule has 0 aliphatic rings. The Bertz CT molecular complexity index is 3320. The van der Waals surface area contributed by atoms with Gasteiger partial charge < -0.3 is 0 Å². The SMILES string of the molecule is c1cc(-c2cc(-c3ccc(-c4cncc5ccccc45)cc3)nc(-c3ccc(-c4ccc5ccccc5c4)cc3)n2)cc(-c2cc3ccccc3c3ccccc23)c1. The van der Waals surface area contributed by atoms with Crippen molar-refractivity contribution in [2.45, 2.75) is 0 Å². The van der Waals surface area contributed by atoms with Crippen LogP contribution < -0.4 is 0 Å². The third kappa shape index (κ3) is 6.07. The van der Waals surface area contributed by atoms with Gasteiger partial charge in [-0.25, -0.2) is 9.97 Å². The largest absolute Gasteiger partial charge is 0.263 e. The smallest absolute Gasteiger partial charge is 0.160 e. The van der Waals surface area contributed by atoms with E-state index in [1.807, 2.05) is 12.4 Å². The first-order valence-electron chi connectivity index (χ1n) is 19.7. The second-order valence-electron chi connectivity index (χ2n) is 14.9. The van der Waals surface area contributed by atoms with Gasteiger partial charge in [-0.15, -0.1) is 0 Å². The van der Waals surface area contributed by atoms with Crippen molar-refractivity contribution < 1.29 is 0 Å². The Morgan fingerprint density at radius 1 is 0.259 bits per heavy atom. The van der Waals surface area contributed by atoms with Crippen LogP contribution in [-0.2, 0) is 0 Å². The molecule has 11 aromatic rings. The average Bonchev–Trinajstić information content (AvgIpc) is 3.31. The van der Waals surface area contributed by atoms with E-state index in [1.54, 1.807) is 0 Å². The number of rotatable bonds is 6. The highest BCUT2D eigenvalue weighted by Crippen LogP contribution is 2.38. The zero-order valence-electron chi connectivity index (χ0n) is 31.5. The zero-order valence-corrected chi connectivity index (χ0v) is 31.5. The number of nitrogens with zero attached hydrogens (tertiary/aromatic N) is 3. The van der Waals surface area contributed by atoms with Crippen molar-refractivity contribution in [1.29, 1.82) is 0 Å². The van der Waals surface area contributed by atoms with Crippen molar-refractivity contribution in [2.24, 2.45) is 0 Å². The molecule has 0 aliphatic heterocycles. The van der Waals surface area contributed by atoms with Crippen molar-refractivity contribution in [3.63, 3.8) is 0 Å². The Balaban J connectivity index is 1.03. The second kappa shape index (κ2) is 14.1. The number of aromatic nitrogens is 3. The standard InChI is InChI=1S/C55H35N3/c1-2-11-41-30-42(29-22-36(41)10-1)37-20-27-40(28-21-37)55-57-53(39-25-23-38(24-26-39)52-35-56-34-46-13-4-6-17-48(46)52)33-54(58-55)45-15-9-14-43(31-45)51-32-44-12-3-5-16-47(44)49-18-7-8-19-50(49)51/h1-35H. The molecule has 0 saturated carbocycles. The molecule has 58 heavy (non-hydrogen) atoms. The summed E-state index contributed by atoms with van der Waals surface area (Å²) >= 11 is 0. The van der Waals surface area contributed by atoms with Crippen LogP contribution in [0.4, 0.5) is 0 Å². The summed E-state index contributed by atoms with van der Waals surface area (Å²) in [6, 6.07) is 71.4. The highest BCUT2D eigenvalue weighted by molar-refractivity contribution is 6.14. The van der Waals surface area contributed by atoms with Gasteiger partial charge in [-0.2, -0.15) is 0 Å². The van der Waals surface area contributed by atoms with Gasteiger partial charge in [0, 0.05) is 40.0 Å². The molecule has 3 heteroatoms. The van der Waals surface area contributed by atoms with Crippen LogP contribution in [0.25, 0.3) is 110 Å². The summed E-state index contributed by atoms with van der Waals surface area (Å²) in [5.41, 5.74) is 11.7. The number of benzene rings is 9. The first-order chi connectivity index (χ1) is 28.7. The highest BCUT2D eigenvalue weighted by Gasteiger charge is 2.15. The third-order valence-corrected chi connectivity index (χ3v) is 11.3. The molecule has 0 N–H and O–H groups in total. The molecule has 0 amide bonds. The Kier molecular flexibility index (Phi) is 8.15. The maximum absolute atomic E-state index is 5.27. The predicted octanol–water partition coefficient (Wildman–Crippen LogP) is 14.5. The van der Waals surface area contributed by atoms with Crippen molar-refractivity contribution in [2.75, 3.05) is 0 Å². The molecular weight excluding hydrogens is 703 g/mol. The van der Waals surface area contributed by atoms with Crippen molar-refractivity contribution in [3.05, 3.63) is 213 Å². The fourth-order valence-corrected chi connectivity index (χ4v) is 8.36. The van der Waals surface area contributed by atoms with E-state index in [2.05, 4.69) is 205 Å². The Hall–Kier alpha value is -7.75. The zero-order chi connectivity index (χ0) is 38.4. The molecule has 0 saturated heterocycles. The minimum Gasteiger partial charge on any atom is -0.263 e. The lowest BCUT2D eigenvalue weighted by atomic mass is 9.92. The van der Waals surface area contributed by atoms with Crippen molar-refractivity contribution in [3.8, 4) is 67.3 Å². The van der Waals surface area contributed by atoms with Crippen LogP contribution in [0.15, 0.2) is 213 Å². The van der Waals surface area contributed by atoms with Gasteiger partial charge in [0.1, 0.15) is 0 Å². The van der Waals surface area contributed by atoms with E-state index in [4.69, 9.17) is 9.97 Å². The van der Waals surface area contributed by atoms with Gasteiger partial charge >= 0.3 is 0 Å². The Labute approximate surface area is 336 Å². The molecule has 0 fully saturated rings. The lowest BCUT2D eigenvalue weighted by molar-refractivity contribution is 1.18. The summed E-state index contributed by atoms with van der Waals surface area (Å²) in [7, 11) is 0. The molecule has 11 rings (SSSR count). The van der Waals surface area contributed by atoms with Gasteiger partial charge in [-0.05, 0) is 89.8 Å². The maximum atomic E-state index is 5.27. The summed E-state index contributed by atoms with van der Waals surface area (Å²) in [5, 5.41) is 9.74. The van der Waals surface area contributed by atoms with Gasteiger partial charge in [-0.3, -0.25) is 4.98 Å². The van der Waals surface area contributed by atoms with Gasteiger partial charge in [0.05, 0.1) is 11.4 Å². The third-order valence-electron chi connectivity index (χ3n) is 11.3. The number of hydrogen-bond acceptors (Lipinski definition) is 3. The van der Waals surface area contributed by atoms with Crippen LogP contribution in [-0.4, -0.2) is 15.0 Å². The molecule has 2 aromatic heterocycles. The molecule has 0 spiro atoms. The lowest BCUT2D eigenvalue weighted by Gasteiger charge is -2.13. The van der Waals surface area contributed by atoms with Gasteiger partial charge in [-0.1, -0.05) is 176 Å². The molecule has 270 valence electrons. The van der Waals surface area contributed by atoms with Crippen LogP contribution in [0.1, 0.15) is 0 Å². The molecule has 9 aromatic carbocycles. The molecule has 2 heterocycles. The summed E-state index contributed by atoms with van der Waals surface area (Å²) in [4.78, 5) is 15.0. The van der Waals surface area contributed by atoms with Crippen molar-refractivity contribution in [1.82, 2.24) is 15.0 Å². The van der Waals surface area contributed by atoms with E-state index in [0.717, 1.165) is 55.7 Å². The van der Waals surface area contributed by atoms with Crippen LogP contribution in [0, 0.1) is 0 Å². The first kappa shape index (κ1) is 33.6. The molecular formula is C55H35N3. The average molecular weight is 738 g/mol. The summed E-state index contributed by atoms with van der Waals surface area (Å²) in [5.74, 6) is 0.682. The van der Waals surface area contributed by atoms with Crippen LogP contribution in [0.3, 0.4) is 0 Å². The van der Waals surface area contributed by atoms with E-state index < -0.39 is 0 Å². The Morgan fingerprint density at radius 2 is 0.845 bits per heavy atom. The molecule has 0 radical (unpaired) electrons. The Morgan fingerprint density at radius 3 is 1.66 bits per heavy atom. The quantitative estimate of drug-likeness (QED) is 0.160. The molecule has 3 nitrogen and oxygen atoms in total. The first-order valence-corrected chi connectivity index (χ1v) is 19.7. The molecule has 0 bridgehead atoms. The molecule has 0 aliphatic carbocycles.